The number of hydrogen-bond acceptors (Lipinski definition) is 4. The van der Waals surface area contributed by atoms with E-state index in [-0.39, 0.29) is 5.56 Å². The Bertz CT molecular complexity index is 774. The first-order valence-electron chi connectivity index (χ1n) is 6.69. The molecule has 23 heavy (non-hydrogen) atoms. The molecule has 0 saturated carbocycles. The molecule has 5 nitrogen and oxygen atoms in total. The summed E-state index contributed by atoms with van der Waals surface area (Å²) in [5, 5.41) is 8.99. The summed E-state index contributed by atoms with van der Waals surface area (Å²) < 4.78 is 39.7. The van der Waals surface area contributed by atoms with Gasteiger partial charge in [0, 0.05) is 18.7 Å². The highest BCUT2D eigenvalue weighted by molar-refractivity contribution is 7.16. The van der Waals surface area contributed by atoms with Crippen LogP contribution in [0.4, 0.5) is 13.2 Å². The number of nitrogens with zero attached hydrogens (tertiary/aromatic N) is 2. The normalized spacial score (nSPS) is 21.8. The first-order valence-corrected chi connectivity index (χ1v) is 7.57. The minimum atomic E-state index is -4.65. The Morgan fingerprint density at radius 3 is 2.65 bits per heavy atom. The van der Waals surface area contributed by atoms with Crippen molar-refractivity contribution in [2.24, 2.45) is 11.8 Å². The second-order valence-corrected chi connectivity index (χ2v) is 6.22. The van der Waals surface area contributed by atoms with Crippen molar-refractivity contribution in [1.29, 1.82) is 0 Å². The molecule has 9 heteroatoms. The van der Waals surface area contributed by atoms with Gasteiger partial charge in [0.05, 0.1) is 27.6 Å². The number of amides is 1. The fourth-order valence-electron chi connectivity index (χ4n) is 2.72. The van der Waals surface area contributed by atoms with Crippen LogP contribution in [0.2, 0.25) is 0 Å². The predicted octanol–water partition coefficient (Wildman–Crippen LogP) is 2.63. The zero-order valence-electron chi connectivity index (χ0n) is 11.6. The fourth-order valence-corrected chi connectivity index (χ4v) is 3.44. The molecule has 1 N–H and O–H groups in total. The molecule has 0 radical (unpaired) electrons. The van der Waals surface area contributed by atoms with Gasteiger partial charge in [0.2, 0.25) is 0 Å². The van der Waals surface area contributed by atoms with E-state index in [2.05, 4.69) is 4.98 Å². The van der Waals surface area contributed by atoms with Gasteiger partial charge in [-0.2, -0.15) is 13.2 Å². The Morgan fingerprint density at radius 2 is 2.04 bits per heavy atom. The van der Waals surface area contributed by atoms with E-state index in [0.29, 0.717) is 5.52 Å². The third kappa shape index (κ3) is 2.88. The van der Waals surface area contributed by atoms with Crippen LogP contribution in [0.25, 0.3) is 10.2 Å². The Hall–Kier alpha value is -2.16. The van der Waals surface area contributed by atoms with E-state index in [1.54, 1.807) is 17.6 Å². The van der Waals surface area contributed by atoms with Gasteiger partial charge in [-0.05, 0) is 18.2 Å². The van der Waals surface area contributed by atoms with Crippen LogP contribution in [0.15, 0.2) is 23.7 Å². The molecule has 1 saturated heterocycles. The maximum absolute atomic E-state index is 13.0. The lowest BCUT2D eigenvalue weighted by Gasteiger charge is -2.18. The van der Waals surface area contributed by atoms with Gasteiger partial charge in [-0.3, -0.25) is 9.59 Å². The maximum atomic E-state index is 13.0. The van der Waals surface area contributed by atoms with Gasteiger partial charge in [-0.1, -0.05) is 0 Å². The van der Waals surface area contributed by atoms with Gasteiger partial charge in [0.15, 0.2) is 0 Å². The number of carboxylic acid groups (broad SMARTS) is 1. The lowest BCUT2D eigenvalue weighted by Crippen LogP contribution is -2.34. The van der Waals surface area contributed by atoms with E-state index < -0.39 is 43.0 Å². The number of likely N-dealkylation sites (tertiary alicyclic amines) is 1. The number of carboxylic acids is 1. The van der Waals surface area contributed by atoms with Gasteiger partial charge in [0.1, 0.15) is 0 Å². The largest absolute Gasteiger partial charge is 0.481 e. The Labute approximate surface area is 132 Å². The Kier molecular flexibility index (Phi) is 3.75. The molecular formula is C14H11F3N2O3S. The third-order valence-electron chi connectivity index (χ3n) is 3.92. The number of carbonyl (C=O) groups is 2. The van der Waals surface area contributed by atoms with Crippen LogP contribution in [-0.4, -0.2) is 46.1 Å². The van der Waals surface area contributed by atoms with E-state index in [4.69, 9.17) is 5.11 Å². The van der Waals surface area contributed by atoms with Gasteiger partial charge in [-0.15, -0.1) is 11.3 Å². The van der Waals surface area contributed by atoms with Crippen molar-refractivity contribution >= 4 is 33.4 Å². The van der Waals surface area contributed by atoms with E-state index >= 15 is 0 Å². The van der Waals surface area contributed by atoms with Crippen molar-refractivity contribution in [3.05, 3.63) is 29.3 Å². The van der Waals surface area contributed by atoms with Gasteiger partial charge >= 0.3 is 12.1 Å². The first kappa shape index (κ1) is 15.7. The second-order valence-electron chi connectivity index (χ2n) is 5.34. The highest BCUT2D eigenvalue weighted by Gasteiger charge is 2.53. The van der Waals surface area contributed by atoms with Crippen LogP contribution in [0.3, 0.4) is 0 Å². The number of alkyl halides is 3. The minimum Gasteiger partial charge on any atom is -0.481 e. The molecule has 2 aromatic rings. The molecule has 0 bridgehead atoms. The van der Waals surface area contributed by atoms with Crippen molar-refractivity contribution in [3.8, 4) is 0 Å². The van der Waals surface area contributed by atoms with Gasteiger partial charge in [-0.25, -0.2) is 4.98 Å². The van der Waals surface area contributed by atoms with E-state index in [9.17, 15) is 22.8 Å². The number of carbonyl (C=O) groups excluding carboxylic acids is 1. The third-order valence-corrected chi connectivity index (χ3v) is 4.71. The van der Waals surface area contributed by atoms with Gasteiger partial charge < -0.3 is 10.0 Å². The maximum Gasteiger partial charge on any atom is 0.394 e. The van der Waals surface area contributed by atoms with E-state index in [1.807, 2.05) is 0 Å². The molecule has 1 fully saturated rings. The number of hydrogen-bond donors (Lipinski definition) is 1. The predicted molar refractivity (Wildman–Crippen MR) is 76.2 cm³/mol. The van der Waals surface area contributed by atoms with Crippen LogP contribution in [-0.2, 0) is 4.79 Å². The lowest BCUT2D eigenvalue weighted by atomic mass is 9.96. The lowest BCUT2D eigenvalue weighted by molar-refractivity contribution is -0.187. The molecule has 0 spiro atoms. The highest BCUT2D eigenvalue weighted by atomic mass is 32.1. The molecule has 1 aromatic carbocycles. The molecule has 3 rings (SSSR count). The summed E-state index contributed by atoms with van der Waals surface area (Å²) in [7, 11) is 0. The number of rotatable bonds is 2. The van der Waals surface area contributed by atoms with Crippen molar-refractivity contribution < 1.29 is 27.9 Å². The molecule has 0 unspecified atom stereocenters. The zero-order valence-corrected chi connectivity index (χ0v) is 12.4. The monoisotopic (exact) mass is 344 g/mol. The first-order chi connectivity index (χ1) is 10.8. The summed E-state index contributed by atoms with van der Waals surface area (Å²) >= 11 is 1.32. The molecule has 1 aliphatic rings. The quantitative estimate of drug-likeness (QED) is 0.909. The molecule has 2 heterocycles. The zero-order chi connectivity index (χ0) is 16.8. The average Bonchev–Trinajstić information content (AvgIpc) is 3.11. The van der Waals surface area contributed by atoms with Crippen LogP contribution in [0, 0.1) is 11.8 Å². The number of aliphatic carboxylic acids is 1. The van der Waals surface area contributed by atoms with E-state index in [1.165, 1.54) is 17.4 Å². The van der Waals surface area contributed by atoms with Gasteiger partial charge in [0.25, 0.3) is 5.91 Å². The smallest absolute Gasteiger partial charge is 0.394 e. The molecule has 122 valence electrons. The van der Waals surface area contributed by atoms with Crippen molar-refractivity contribution in [1.82, 2.24) is 9.88 Å². The number of thiazole rings is 1. The topological polar surface area (TPSA) is 70.5 Å². The molecule has 1 aliphatic heterocycles. The van der Waals surface area contributed by atoms with E-state index in [0.717, 1.165) is 9.60 Å². The summed E-state index contributed by atoms with van der Waals surface area (Å²) in [6.07, 6.45) is -4.65. The molecule has 0 aliphatic carbocycles. The summed E-state index contributed by atoms with van der Waals surface area (Å²) in [5.41, 5.74) is 2.54. The summed E-state index contributed by atoms with van der Waals surface area (Å²) in [4.78, 5) is 28.5. The molecule has 1 amide bonds. The summed E-state index contributed by atoms with van der Waals surface area (Å²) in [5.74, 6) is -5.82. The fraction of sp³-hybridized carbons (Fsp3) is 0.357. The second kappa shape index (κ2) is 5.48. The van der Waals surface area contributed by atoms with Crippen molar-refractivity contribution in [2.75, 3.05) is 13.1 Å². The van der Waals surface area contributed by atoms with Crippen LogP contribution in [0.1, 0.15) is 10.4 Å². The SMILES string of the molecule is O=C(O)[C@@H]1CN(C(=O)c2ccc3ncsc3c2)C[C@H]1C(F)(F)F. The van der Waals surface area contributed by atoms with Crippen molar-refractivity contribution in [2.45, 2.75) is 6.18 Å². The Balaban J connectivity index is 1.86. The van der Waals surface area contributed by atoms with Crippen LogP contribution >= 0.6 is 11.3 Å². The standard InChI is InChI=1S/C14H11F3N2O3S/c15-14(16,17)9-5-19(4-8(9)13(21)22)12(20)7-1-2-10-11(3-7)23-6-18-10/h1-3,6,8-9H,4-5H2,(H,21,22)/t8-,9-/m1/s1. The molecule has 2 atom stereocenters. The van der Waals surface area contributed by atoms with Crippen LogP contribution in [0.5, 0.6) is 0 Å². The minimum absolute atomic E-state index is 0.230. The molecule has 1 aromatic heterocycles. The summed E-state index contributed by atoms with van der Waals surface area (Å²) in [6.45, 7) is -1.08. The summed E-state index contributed by atoms with van der Waals surface area (Å²) in [6, 6.07) is 4.66. The molecular weight excluding hydrogens is 333 g/mol. The number of aromatic nitrogens is 1. The number of halogens is 3. The Morgan fingerprint density at radius 1 is 1.30 bits per heavy atom. The number of fused-ring (bicyclic) bond motifs is 1. The average molecular weight is 344 g/mol. The number of benzene rings is 1. The van der Waals surface area contributed by atoms with Crippen molar-refractivity contribution in [3.63, 3.8) is 0 Å². The highest BCUT2D eigenvalue weighted by Crippen LogP contribution is 2.38. The van der Waals surface area contributed by atoms with Crippen LogP contribution < -0.4 is 0 Å².